The summed E-state index contributed by atoms with van der Waals surface area (Å²) in [6.45, 7) is 3.05. The zero-order chi connectivity index (χ0) is 10.7. The summed E-state index contributed by atoms with van der Waals surface area (Å²) < 4.78 is 0. The normalized spacial score (nSPS) is 16.1. The van der Waals surface area contributed by atoms with Crippen molar-refractivity contribution in [2.24, 2.45) is 0 Å². The van der Waals surface area contributed by atoms with Crippen molar-refractivity contribution in [1.29, 1.82) is 0 Å². The minimum Gasteiger partial charge on any atom is -0.367 e. The first-order valence-electron chi connectivity index (χ1n) is 5.56. The molecule has 0 saturated heterocycles. The van der Waals surface area contributed by atoms with Gasteiger partial charge < -0.3 is 4.90 Å². The third-order valence-corrected chi connectivity index (χ3v) is 3.31. The van der Waals surface area contributed by atoms with Gasteiger partial charge in [-0.1, -0.05) is 0 Å². The van der Waals surface area contributed by atoms with E-state index in [2.05, 4.69) is 22.9 Å². The molecule has 2 nitrogen and oxygen atoms in total. The Morgan fingerprint density at radius 3 is 2.87 bits per heavy atom. The molecule has 0 atom stereocenters. The van der Waals surface area contributed by atoms with E-state index < -0.39 is 0 Å². The molecule has 0 amide bonds. The molecule has 0 spiro atoms. The van der Waals surface area contributed by atoms with E-state index in [0.717, 1.165) is 6.54 Å². The van der Waals surface area contributed by atoms with Crippen molar-refractivity contribution in [3.8, 4) is 0 Å². The molecule has 0 N–H and O–H groups in total. The average molecular weight is 225 g/mol. The van der Waals surface area contributed by atoms with Crippen molar-refractivity contribution >= 4 is 17.3 Å². The fourth-order valence-corrected chi connectivity index (χ4v) is 2.26. The molecule has 1 aromatic rings. The van der Waals surface area contributed by atoms with Crippen molar-refractivity contribution in [3.05, 3.63) is 24.0 Å². The first-order chi connectivity index (χ1) is 7.33. The molecule has 0 bridgehead atoms. The SMILES string of the molecule is Cc1cnccc1N(CCCl)C1CCC1. The van der Waals surface area contributed by atoms with Crippen molar-refractivity contribution in [2.45, 2.75) is 32.2 Å². The van der Waals surface area contributed by atoms with Gasteiger partial charge in [0.1, 0.15) is 0 Å². The van der Waals surface area contributed by atoms with E-state index in [0.29, 0.717) is 11.9 Å². The smallest absolute Gasteiger partial charge is 0.0429 e. The Labute approximate surface area is 96.3 Å². The second-order valence-electron chi connectivity index (χ2n) is 4.13. The van der Waals surface area contributed by atoms with Crippen LogP contribution in [0, 0.1) is 6.92 Å². The number of aromatic nitrogens is 1. The number of pyridine rings is 1. The summed E-state index contributed by atoms with van der Waals surface area (Å²) in [4.78, 5) is 6.57. The van der Waals surface area contributed by atoms with Crippen molar-refractivity contribution < 1.29 is 0 Å². The van der Waals surface area contributed by atoms with Crippen LogP contribution >= 0.6 is 11.6 Å². The molecule has 15 heavy (non-hydrogen) atoms. The number of hydrogen-bond donors (Lipinski definition) is 0. The monoisotopic (exact) mass is 224 g/mol. The van der Waals surface area contributed by atoms with Crippen LogP contribution in [0.1, 0.15) is 24.8 Å². The summed E-state index contributed by atoms with van der Waals surface area (Å²) in [5.41, 5.74) is 2.55. The van der Waals surface area contributed by atoms with Gasteiger partial charge >= 0.3 is 0 Å². The lowest BCUT2D eigenvalue weighted by Gasteiger charge is -2.39. The van der Waals surface area contributed by atoms with Crippen molar-refractivity contribution in [1.82, 2.24) is 4.98 Å². The maximum Gasteiger partial charge on any atom is 0.0429 e. The van der Waals surface area contributed by atoms with Crippen LogP contribution in [0.15, 0.2) is 18.5 Å². The second kappa shape index (κ2) is 4.84. The van der Waals surface area contributed by atoms with Gasteiger partial charge in [0.2, 0.25) is 0 Å². The van der Waals surface area contributed by atoms with Gasteiger partial charge in [0, 0.05) is 36.5 Å². The lowest BCUT2D eigenvalue weighted by atomic mass is 9.91. The van der Waals surface area contributed by atoms with Crippen LogP contribution < -0.4 is 4.90 Å². The fraction of sp³-hybridized carbons (Fsp3) is 0.583. The van der Waals surface area contributed by atoms with Gasteiger partial charge in [-0.2, -0.15) is 0 Å². The molecule has 0 radical (unpaired) electrons. The number of hydrogen-bond acceptors (Lipinski definition) is 2. The minimum absolute atomic E-state index is 0.693. The van der Waals surface area contributed by atoms with E-state index in [1.165, 1.54) is 30.5 Å². The second-order valence-corrected chi connectivity index (χ2v) is 4.51. The molecular weight excluding hydrogens is 208 g/mol. The van der Waals surface area contributed by atoms with Crippen LogP contribution in [0.2, 0.25) is 0 Å². The Bertz CT molecular complexity index is 323. The van der Waals surface area contributed by atoms with E-state index in [9.17, 15) is 0 Å². The van der Waals surface area contributed by atoms with E-state index >= 15 is 0 Å². The molecule has 0 aliphatic heterocycles. The van der Waals surface area contributed by atoms with Gasteiger partial charge in [-0.25, -0.2) is 0 Å². The Balaban J connectivity index is 2.19. The van der Waals surface area contributed by atoms with Crippen LogP contribution in [-0.4, -0.2) is 23.5 Å². The van der Waals surface area contributed by atoms with Gasteiger partial charge in [-0.05, 0) is 37.8 Å². The number of nitrogens with zero attached hydrogens (tertiary/aromatic N) is 2. The Morgan fingerprint density at radius 2 is 2.33 bits per heavy atom. The predicted octanol–water partition coefficient (Wildman–Crippen LogP) is 2.99. The lowest BCUT2D eigenvalue weighted by molar-refractivity contribution is 0.390. The number of aryl methyl sites for hydroxylation is 1. The van der Waals surface area contributed by atoms with Crippen LogP contribution in [0.4, 0.5) is 5.69 Å². The Hall–Kier alpha value is -0.760. The van der Waals surface area contributed by atoms with Gasteiger partial charge in [-0.3, -0.25) is 4.98 Å². The van der Waals surface area contributed by atoms with E-state index in [1.807, 2.05) is 12.4 Å². The molecule has 82 valence electrons. The minimum atomic E-state index is 0.693. The number of rotatable bonds is 4. The van der Waals surface area contributed by atoms with Gasteiger partial charge in [0.25, 0.3) is 0 Å². The standard InChI is InChI=1S/C12H17ClN2/c1-10-9-14-7-5-12(10)15(8-6-13)11-3-2-4-11/h5,7,9,11H,2-4,6,8H2,1H3. The summed E-state index contributed by atoms with van der Waals surface area (Å²) in [5.74, 6) is 0.693. The van der Waals surface area contributed by atoms with Crippen molar-refractivity contribution in [2.75, 3.05) is 17.3 Å². The third-order valence-electron chi connectivity index (χ3n) is 3.14. The van der Waals surface area contributed by atoms with Crippen LogP contribution in [0.3, 0.4) is 0 Å². The highest BCUT2D eigenvalue weighted by atomic mass is 35.5. The van der Waals surface area contributed by atoms with Gasteiger partial charge in [0.05, 0.1) is 0 Å². The Kier molecular flexibility index (Phi) is 3.47. The molecule has 1 aliphatic rings. The van der Waals surface area contributed by atoms with E-state index in [-0.39, 0.29) is 0 Å². The highest BCUT2D eigenvalue weighted by molar-refractivity contribution is 6.18. The summed E-state index contributed by atoms with van der Waals surface area (Å²) in [7, 11) is 0. The number of anilines is 1. The molecular formula is C12H17ClN2. The number of alkyl halides is 1. The molecule has 1 fully saturated rings. The zero-order valence-electron chi connectivity index (χ0n) is 9.12. The first kappa shape index (κ1) is 10.7. The fourth-order valence-electron chi connectivity index (χ4n) is 2.08. The lowest BCUT2D eigenvalue weighted by Crippen LogP contribution is -2.41. The van der Waals surface area contributed by atoms with E-state index in [4.69, 9.17) is 11.6 Å². The summed E-state index contributed by atoms with van der Waals surface area (Å²) in [6, 6.07) is 2.80. The van der Waals surface area contributed by atoms with Gasteiger partial charge in [-0.15, -0.1) is 11.6 Å². The zero-order valence-corrected chi connectivity index (χ0v) is 9.87. The molecule has 1 aliphatic carbocycles. The predicted molar refractivity (Wildman–Crippen MR) is 64.7 cm³/mol. The number of halogens is 1. The third kappa shape index (κ3) is 2.25. The maximum atomic E-state index is 5.87. The quantitative estimate of drug-likeness (QED) is 0.731. The van der Waals surface area contributed by atoms with Crippen LogP contribution in [-0.2, 0) is 0 Å². The highest BCUT2D eigenvalue weighted by Gasteiger charge is 2.25. The highest BCUT2D eigenvalue weighted by Crippen LogP contribution is 2.30. The van der Waals surface area contributed by atoms with Gasteiger partial charge in [0.15, 0.2) is 0 Å². The molecule has 0 aromatic carbocycles. The maximum absolute atomic E-state index is 5.87. The molecule has 1 heterocycles. The largest absolute Gasteiger partial charge is 0.367 e. The molecule has 2 rings (SSSR count). The summed E-state index contributed by atoms with van der Waals surface area (Å²) in [5, 5.41) is 0. The summed E-state index contributed by atoms with van der Waals surface area (Å²) >= 11 is 5.87. The molecule has 0 unspecified atom stereocenters. The van der Waals surface area contributed by atoms with Crippen LogP contribution in [0.25, 0.3) is 0 Å². The molecule has 3 heteroatoms. The van der Waals surface area contributed by atoms with E-state index in [1.54, 1.807) is 0 Å². The summed E-state index contributed by atoms with van der Waals surface area (Å²) in [6.07, 6.45) is 7.75. The average Bonchev–Trinajstić information content (AvgIpc) is 2.15. The van der Waals surface area contributed by atoms with Crippen LogP contribution in [0.5, 0.6) is 0 Å². The molecule has 1 saturated carbocycles. The van der Waals surface area contributed by atoms with Crippen molar-refractivity contribution in [3.63, 3.8) is 0 Å². The topological polar surface area (TPSA) is 16.1 Å². The molecule has 1 aromatic heterocycles. The first-order valence-corrected chi connectivity index (χ1v) is 6.09. The Morgan fingerprint density at radius 1 is 1.53 bits per heavy atom.